The lowest BCUT2D eigenvalue weighted by Crippen LogP contribution is -2.47. The van der Waals surface area contributed by atoms with E-state index in [0.29, 0.717) is 18.9 Å². The van der Waals surface area contributed by atoms with Gasteiger partial charge in [-0.05, 0) is 49.7 Å². The van der Waals surface area contributed by atoms with E-state index < -0.39 is 0 Å². The van der Waals surface area contributed by atoms with E-state index in [-0.39, 0.29) is 36.8 Å². The summed E-state index contributed by atoms with van der Waals surface area (Å²) in [4.78, 5) is 28.8. The molecule has 1 aliphatic carbocycles. The fraction of sp³-hybridized carbons (Fsp3) is 0.700. The van der Waals surface area contributed by atoms with Crippen LogP contribution in [0.2, 0.25) is 0 Å². The van der Waals surface area contributed by atoms with Gasteiger partial charge in [0.2, 0.25) is 11.8 Å². The quantitative estimate of drug-likeness (QED) is 0.803. The summed E-state index contributed by atoms with van der Waals surface area (Å²) in [5, 5.41) is 3.24. The van der Waals surface area contributed by atoms with E-state index in [1.54, 1.807) is 11.2 Å². The number of amides is 2. The monoisotopic (exact) mass is 395 g/mol. The van der Waals surface area contributed by atoms with E-state index in [9.17, 15) is 9.59 Å². The van der Waals surface area contributed by atoms with Gasteiger partial charge < -0.3 is 14.6 Å². The summed E-state index contributed by atoms with van der Waals surface area (Å²) in [7, 11) is 0. The van der Waals surface area contributed by atoms with Crippen LogP contribution in [0.3, 0.4) is 0 Å². The maximum atomic E-state index is 12.6. The summed E-state index contributed by atoms with van der Waals surface area (Å²) in [6.45, 7) is 3.60. The fourth-order valence-electron chi connectivity index (χ4n) is 4.45. The Bertz CT molecular complexity index is 632. The Labute approximate surface area is 167 Å². The van der Waals surface area contributed by atoms with Crippen molar-refractivity contribution in [1.82, 2.24) is 15.1 Å². The molecule has 3 heterocycles. The van der Waals surface area contributed by atoms with Crippen LogP contribution in [-0.4, -0.2) is 53.8 Å². The fourth-order valence-corrected chi connectivity index (χ4v) is 4.45. The molecule has 4 rings (SSSR count). The van der Waals surface area contributed by atoms with Gasteiger partial charge in [0.15, 0.2) is 0 Å². The van der Waals surface area contributed by atoms with Crippen molar-refractivity contribution in [3.63, 3.8) is 0 Å². The normalized spacial score (nSPS) is 26.5. The molecule has 1 N–H and O–H groups in total. The minimum atomic E-state index is -0.00394. The van der Waals surface area contributed by atoms with Crippen molar-refractivity contribution in [2.24, 2.45) is 11.8 Å². The molecule has 1 saturated carbocycles. The number of hydrogen-bond donors (Lipinski definition) is 1. The van der Waals surface area contributed by atoms with Crippen molar-refractivity contribution < 1.29 is 14.0 Å². The first kappa shape index (κ1) is 20.2. The smallest absolute Gasteiger partial charge is 0.239 e. The average molecular weight is 396 g/mol. The maximum absolute atomic E-state index is 12.6. The van der Waals surface area contributed by atoms with Crippen LogP contribution in [0.4, 0.5) is 0 Å². The van der Waals surface area contributed by atoms with Gasteiger partial charge in [-0.1, -0.05) is 6.42 Å². The summed E-state index contributed by atoms with van der Waals surface area (Å²) in [5.41, 5.74) is 0. The Hall–Kier alpha value is -1.53. The lowest BCUT2D eigenvalue weighted by Gasteiger charge is -2.23. The highest BCUT2D eigenvalue weighted by atomic mass is 35.5. The van der Waals surface area contributed by atoms with Gasteiger partial charge in [-0.15, -0.1) is 12.4 Å². The van der Waals surface area contributed by atoms with Crippen LogP contribution >= 0.6 is 12.4 Å². The van der Waals surface area contributed by atoms with E-state index in [4.69, 9.17) is 4.42 Å². The van der Waals surface area contributed by atoms with Crippen molar-refractivity contribution in [3.05, 3.63) is 24.2 Å². The largest absolute Gasteiger partial charge is 0.468 e. The van der Waals surface area contributed by atoms with E-state index in [2.05, 4.69) is 10.2 Å². The Morgan fingerprint density at radius 2 is 2.07 bits per heavy atom. The van der Waals surface area contributed by atoms with Crippen molar-refractivity contribution in [1.29, 1.82) is 0 Å². The molecule has 27 heavy (non-hydrogen) atoms. The minimum absolute atomic E-state index is 0. The van der Waals surface area contributed by atoms with Crippen LogP contribution in [-0.2, 0) is 16.1 Å². The summed E-state index contributed by atoms with van der Waals surface area (Å²) < 4.78 is 5.47. The molecule has 6 nitrogen and oxygen atoms in total. The van der Waals surface area contributed by atoms with E-state index in [0.717, 1.165) is 50.6 Å². The van der Waals surface area contributed by atoms with Gasteiger partial charge >= 0.3 is 0 Å². The van der Waals surface area contributed by atoms with Crippen molar-refractivity contribution >= 4 is 24.2 Å². The first-order valence-corrected chi connectivity index (χ1v) is 10.0. The molecule has 0 radical (unpaired) electrons. The van der Waals surface area contributed by atoms with Gasteiger partial charge in [0.05, 0.1) is 19.4 Å². The second-order valence-corrected chi connectivity index (χ2v) is 8.07. The average Bonchev–Trinajstić information content (AvgIpc) is 3.26. The highest BCUT2D eigenvalue weighted by molar-refractivity contribution is 5.85. The summed E-state index contributed by atoms with van der Waals surface area (Å²) >= 11 is 0. The second kappa shape index (κ2) is 9.11. The first-order chi connectivity index (χ1) is 12.7. The second-order valence-electron chi connectivity index (χ2n) is 8.07. The Morgan fingerprint density at radius 3 is 2.81 bits per heavy atom. The van der Waals surface area contributed by atoms with E-state index in [1.165, 1.54) is 12.8 Å². The third kappa shape index (κ3) is 5.26. The molecule has 0 spiro atoms. The van der Waals surface area contributed by atoms with Gasteiger partial charge in [0.25, 0.3) is 0 Å². The molecule has 0 aromatic carbocycles. The molecule has 150 valence electrons. The molecule has 2 atom stereocenters. The standard InChI is InChI=1S/C20H29N3O3.ClH/c24-19(14-23-9-3-1-2-6-20(23)25)21-18-13-22(11-16-5-4-10-26-16)12-17(18)15-7-8-15;/h4-5,10,15,17-18H,1-3,6-9,11-14H2,(H,21,24);1H/t17-,18+;/m1./s1. The molecular weight excluding hydrogens is 366 g/mol. The third-order valence-electron chi connectivity index (χ3n) is 5.98. The number of furan rings is 1. The number of likely N-dealkylation sites (tertiary alicyclic amines) is 2. The summed E-state index contributed by atoms with van der Waals surface area (Å²) in [5.74, 6) is 2.36. The zero-order valence-corrected chi connectivity index (χ0v) is 16.6. The van der Waals surface area contributed by atoms with Gasteiger partial charge in [0.1, 0.15) is 5.76 Å². The van der Waals surface area contributed by atoms with Gasteiger partial charge in [-0.2, -0.15) is 0 Å². The van der Waals surface area contributed by atoms with Crippen LogP contribution in [0, 0.1) is 11.8 Å². The highest BCUT2D eigenvalue weighted by Crippen LogP contribution is 2.41. The van der Waals surface area contributed by atoms with Crippen LogP contribution in [0.25, 0.3) is 0 Å². The molecule has 1 aromatic heterocycles. The number of rotatable bonds is 6. The Morgan fingerprint density at radius 1 is 1.22 bits per heavy atom. The van der Waals surface area contributed by atoms with Crippen molar-refractivity contribution in [3.8, 4) is 0 Å². The number of carbonyl (C=O) groups excluding carboxylic acids is 2. The van der Waals surface area contributed by atoms with Crippen LogP contribution in [0.5, 0.6) is 0 Å². The molecule has 1 aromatic rings. The van der Waals surface area contributed by atoms with Crippen molar-refractivity contribution in [2.75, 3.05) is 26.2 Å². The Balaban J connectivity index is 0.00000210. The predicted molar refractivity (Wildman–Crippen MR) is 104 cm³/mol. The van der Waals surface area contributed by atoms with E-state index >= 15 is 0 Å². The molecule has 0 bridgehead atoms. The number of nitrogens with one attached hydrogen (secondary N) is 1. The number of nitrogens with zero attached hydrogens (tertiary/aromatic N) is 2. The number of carbonyl (C=O) groups is 2. The van der Waals surface area contributed by atoms with Crippen LogP contribution < -0.4 is 5.32 Å². The maximum Gasteiger partial charge on any atom is 0.239 e. The molecule has 2 amide bonds. The molecule has 3 aliphatic rings. The minimum Gasteiger partial charge on any atom is -0.468 e. The molecule has 2 aliphatic heterocycles. The summed E-state index contributed by atoms with van der Waals surface area (Å²) in [6, 6.07) is 4.11. The van der Waals surface area contributed by atoms with Crippen LogP contribution in [0.15, 0.2) is 22.8 Å². The van der Waals surface area contributed by atoms with Gasteiger partial charge in [-0.25, -0.2) is 0 Å². The molecule has 0 unspecified atom stereocenters. The zero-order valence-electron chi connectivity index (χ0n) is 15.8. The SMILES string of the molecule is Cl.O=C(CN1CCCCCC1=O)N[C@H]1CN(Cc2ccco2)C[C@@H]1C1CC1. The predicted octanol–water partition coefficient (Wildman–Crippen LogP) is 2.43. The van der Waals surface area contributed by atoms with E-state index in [1.807, 2.05) is 12.1 Å². The molecule has 7 heteroatoms. The van der Waals surface area contributed by atoms with Gasteiger partial charge in [0, 0.05) is 32.1 Å². The number of halogens is 1. The Kier molecular flexibility index (Phi) is 6.82. The first-order valence-electron chi connectivity index (χ1n) is 10.0. The lowest BCUT2D eigenvalue weighted by atomic mass is 9.98. The third-order valence-corrected chi connectivity index (χ3v) is 5.98. The van der Waals surface area contributed by atoms with Gasteiger partial charge in [-0.3, -0.25) is 14.5 Å². The highest BCUT2D eigenvalue weighted by Gasteiger charge is 2.43. The molecule has 3 fully saturated rings. The summed E-state index contributed by atoms with van der Waals surface area (Å²) in [6.07, 6.45) is 7.87. The zero-order chi connectivity index (χ0) is 17.9. The molecular formula is C20H30ClN3O3. The number of hydrogen-bond acceptors (Lipinski definition) is 4. The topological polar surface area (TPSA) is 65.8 Å². The lowest BCUT2D eigenvalue weighted by molar-refractivity contribution is -0.135. The molecule has 2 saturated heterocycles. The van der Waals surface area contributed by atoms with Crippen molar-refractivity contribution in [2.45, 2.75) is 51.1 Å². The van der Waals surface area contributed by atoms with Crippen LogP contribution in [0.1, 0.15) is 44.3 Å².